The van der Waals surface area contributed by atoms with E-state index in [9.17, 15) is 5.11 Å². The SMILES string of the molecule is Oc1ccccc1/C=N/Nc1nc2ccccc2[nH]1. The van der Waals surface area contributed by atoms with Crippen molar-refractivity contribution >= 4 is 23.2 Å². The molecule has 1 aromatic heterocycles. The number of hydrazone groups is 1. The molecule has 0 fully saturated rings. The van der Waals surface area contributed by atoms with Crippen molar-refractivity contribution in [1.82, 2.24) is 9.97 Å². The maximum atomic E-state index is 9.58. The number of aromatic nitrogens is 2. The Morgan fingerprint density at radius 1 is 1.11 bits per heavy atom. The topological polar surface area (TPSA) is 73.3 Å². The van der Waals surface area contributed by atoms with Gasteiger partial charge in [-0.05, 0) is 24.3 Å². The molecule has 0 radical (unpaired) electrons. The Bertz CT molecular complexity index is 700. The second-order valence-electron chi connectivity index (χ2n) is 4.03. The van der Waals surface area contributed by atoms with Crippen molar-refractivity contribution in [2.75, 3.05) is 5.43 Å². The molecule has 0 aliphatic rings. The summed E-state index contributed by atoms with van der Waals surface area (Å²) >= 11 is 0. The zero-order valence-corrected chi connectivity index (χ0v) is 10.0. The van der Waals surface area contributed by atoms with E-state index in [2.05, 4.69) is 20.5 Å². The van der Waals surface area contributed by atoms with Gasteiger partial charge in [0.2, 0.25) is 5.95 Å². The largest absolute Gasteiger partial charge is 0.507 e. The number of hydrogen-bond donors (Lipinski definition) is 3. The zero-order valence-electron chi connectivity index (χ0n) is 10.0. The van der Waals surface area contributed by atoms with E-state index >= 15 is 0 Å². The molecule has 2 aromatic carbocycles. The van der Waals surface area contributed by atoms with Crippen molar-refractivity contribution < 1.29 is 5.11 Å². The van der Waals surface area contributed by atoms with Crippen LogP contribution in [0.4, 0.5) is 5.95 Å². The number of phenols is 1. The Kier molecular flexibility index (Phi) is 2.86. The second-order valence-corrected chi connectivity index (χ2v) is 4.03. The highest BCUT2D eigenvalue weighted by atomic mass is 16.3. The number of benzene rings is 2. The van der Waals surface area contributed by atoms with Crippen LogP contribution in [0.1, 0.15) is 5.56 Å². The lowest BCUT2D eigenvalue weighted by atomic mass is 10.2. The summed E-state index contributed by atoms with van der Waals surface area (Å²) in [5, 5.41) is 13.6. The van der Waals surface area contributed by atoms with Crippen LogP contribution >= 0.6 is 0 Å². The van der Waals surface area contributed by atoms with Gasteiger partial charge in [-0.3, -0.25) is 0 Å². The summed E-state index contributed by atoms with van der Waals surface area (Å²) in [4.78, 5) is 7.42. The fourth-order valence-electron chi connectivity index (χ4n) is 1.77. The summed E-state index contributed by atoms with van der Waals surface area (Å²) in [6.07, 6.45) is 1.54. The van der Waals surface area contributed by atoms with Crippen LogP contribution in [0.15, 0.2) is 53.6 Å². The van der Waals surface area contributed by atoms with Crippen LogP contribution in [-0.4, -0.2) is 21.3 Å². The van der Waals surface area contributed by atoms with Crippen LogP contribution in [0, 0.1) is 0 Å². The standard InChI is InChI=1S/C14H12N4O/c19-13-8-4-1-5-10(13)9-15-18-14-16-11-6-2-3-7-12(11)17-14/h1-9,19H,(H2,16,17,18)/b15-9+. The van der Waals surface area contributed by atoms with Crippen LogP contribution in [0.25, 0.3) is 11.0 Å². The third-order valence-electron chi connectivity index (χ3n) is 2.70. The molecule has 3 N–H and O–H groups in total. The van der Waals surface area contributed by atoms with Crippen LogP contribution in [-0.2, 0) is 0 Å². The first-order valence-electron chi connectivity index (χ1n) is 5.85. The van der Waals surface area contributed by atoms with E-state index in [0.29, 0.717) is 11.5 Å². The molecule has 0 amide bonds. The van der Waals surface area contributed by atoms with Gasteiger partial charge in [0.1, 0.15) is 5.75 Å². The van der Waals surface area contributed by atoms with Gasteiger partial charge in [-0.15, -0.1) is 0 Å². The molecule has 0 bridgehead atoms. The second kappa shape index (κ2) is 4.81. The van der Waals surface area contributed by atoms with E-state index in [-0.39, 0.29) is 5.75 Å². The minimum atomic E-state index is 0.192. The summed E-state index contributed by atoms with van der Waals surface area (Å²) in [6, 6.07) is 14.7. The summed E-state index contributed by atoms with van der Waals surface area (Å²) in [6.45, 7) is 0. The highest BCUT2D eigenvalue weighted by Gasteiger charge is 1.99. The monoisotopic (exact) mass is 252 g/mol. The van der Waals surface area contributed by atoms with E-state index in [0.717, 1.165) is 11.0 Å². The van der Waals surface area contributed by atoms with Crippen LogP contribution in [0.5, 0.6) is 5.75 Å². The maximum absolute atomic E-state index is 9.58. The predicted molar refractivity (Wildman–Crippen MR) is 75.4 cm³/mol. The fourth-order valence-corrected chi connectivity index (χ4v) is 1.77. The number of para-hydroxylation sites is 3. The normalized spacial score (nSPS) is 11.2. The van der Waals surface area contributed by atoms with E-state index in [1.807, 2.05) is 30.3 Å². The Morgan fingerprint density at radius 3 is 2.74 bits per heavy atom. The van der Waals surface area contributed by atoms with E-state index < -0.39 is 0 Å². The number of fused-ring (bicyclic) bond motifs is 1. The quantitative estimate of drug-likeness (QED) is 0.495. The molecule has 0 aliphatic heterocycles. The number of rotatable bonds is 3. The number of aromatic hydroxyl groups is 1. The number of imidazole rings is 1. The smallest absolute Gasteiger partial charge is 0.222 e. The van der Waals surface area contributed by atoms with Gasteiger partial charge in [0, 0.05) is 5.56 Å². The Morgan fingerprint density at radius 2 is 1.89 bits per heavy atom. The molecule has 0 saturated heterocycles. The predicted octanol–water partition coefficient (Wildman–Crippen LogP) is 2.71. The van der Waals surface area contributed by atoms with Gasteiger partial charge >= 0.3 is 0 Å². The molecule has 0 saturated carbocycles. The van der Waals surface area contributed by atoms with Gasteiger partial charge in [-0.1, -0.05) is 24.3 Å². The van der Waals surface area contributed by atoms with Crippen LogP contribution in [0.3, 0.4) is 0 Å². The highest BCUT2D eigenvalue weighted by molar-refractivity contribution is 5.84. The number of hydrogen-bond acceptors (Lipinski definition) is 4. The summed E-state index contributed by atoms with van der Waals surface area (Å²) in [5.74, 6) is 0.755. The zero-order chi connectivity index (χ0) is 13.1. The Balaban J connectivity index is 1.77. The number of nitrogens with one attached hydrogen (secondary N) is 2. The molecule has 19 heavy (non-hydrogen) atoms. The Hall–Kier alpha value is -2.82. The fraction of sp³-hybridized carbons (Fsp3) is 0. The number of H-pyrrole nitrogens is 1. The number of phenolic OH excluding ortho intramolecular Hbond substituents is 1. The van der Waals surface area contributed by atoms with Gasteiger partial charge in [-0.25, -0.2) is 10.4 Å². The molecule has 5 nitrogen and oxygen atoms in total. The molecule has 3 aromatic rings. The average molecular weight is 252 g/mol. The summed E-state index contributed by atoms with van der Waals surface area (Å²) < 4.78 is 0. The van der Waals surface area contributed by atoms with E-state index in [4.69, 9.17) is 0 Å². The first-order chi connectivity index (χ1) is 9.33. The van der Waals surface area contributed by atoms with Crippen LogP contribution < -0.4 is 5.43 Å². The van der Waals surface area contributed by atoms with Gasteiger partial charge in [0.05, 0.1) is 17.2 Å². The lowest BCUT2D eigenvalue weighted by molar-refractivity contribution is 0.474. The summed E-state index contributed by atoms with van der Waals surface area (Å²) in [7, 11) is 0. The number of aromatic amines is 1. The van der Waals surface area contributed by atoms with Crippen molar-refractivity contribution in [3.8, 4) is 5.75 Å². The van der Waals surface area contributed by atoms with Gasteiger partial charge in [0.15, 0.2) is 0 Å². The van der Waals surface area contributed by atoms with Crippen LogP contribution in [0.2, 0.25) is 0 Å². The van der Waals surface area contributed by atoms with Crippen molar-refractivity contribution in [2.24, 2.45) is 5.10 Å². The Labute approximate surface area is 109 Å². The van der Waals surface area contributed by atoms with Gasteiger partial charge in [0.25, 0.3) is 0 Å². The molecule has 0 atom stereocenters. The van der Waals surface area contributed by atoms with Crippen molar-refractivity contribution in [2.45, 2.75) is 0 Å². The average Bonchev–Trinajstić information content (AvgIpc) is 2.83. The third-order valence-corrected chi connectivity index (χ3v) is 2.70. The minimum Gasteiger partial charge on any atom is -0.507 e. The number of anilines is 1. The molecular formula is C14H12N4O. The highest BCUT2D eigenvalue weighted by Crippen LogP contribution is 2.14. The van der Waals surface area contributed by atoms with Crippen molar-refractivity contribution in [1.29, 1.82) is 0 Å². The molecule has 0 aliphatic carbocycles. The first kappa shape index (κ1) is 11.3. The molecule has 0 spiro atoms. The van der Waals surface area contributed by atoms with Crippen molar-refractivity contribution in [3.05, 3.63) is 54.1 Å². The van der Waals surface area contributed by atoms with Gasteiger partial charge in [-0.2, -0.15) is 5.10 Å². The molecular weight excluding hydrogens is 240 g/mol. The number of nitrogens with zero attached hydrogens (tertiary/aromatic N) is 2. The lowest BCUT2D eigenvalue weighted by Gasteiger charge is -1.97. The maximum Gasteiger partial charge on any atom is 0.222 e. The molecule has 3 rings (SSSR count). The van der Waals surface area contributed by atoms with Crippen molar-refractivity contribution in [3.63, 3.8) is 0 Å². The lowest BCUT2D eigenvalue weighted by Crippen LogP contribution is -1.92. The summed E-state index contributed by atoms with van der Waals surface area (Å²) in [5.41, 5.74) is 5.27. The minimum absolute atomic E-state index is 0.192. The molecule has 1 heterocycles. The van der Waals surface area contributed by atoms with E-state index in [1.165, 1.54) is 0 Å². The molecule has 94 valence electrons. The van der Waals surface area contributed by atoms with Gasteiger partial charge < -0.3 is 10.1 Å². The molecule has 0 unspecified atom stereocenters. The van der Waals surface area contributed by atoms with E-state index in [1.54, 1.807) is 24.4 Å². The molecule has 5 heteroatoms. The first-order valence-corrected chi connectivity index (χ1v) is 5.85. The third kappa shape index (κ3) is 2.40.